The normalized spacial score (nSPS) is 26.2. The summed E-state index contributed by atoms with van der Waals surface area (Å²) >= 11 is 1.58. The summed E-state index contributed by atoms with van der Waals surface area (Å²) in [6.45, 7) is 4.66. The highest BCUT2D eigenvalue weighted by atomic mass is 32.1. The first kappa shape index (κ1) is 8.94. The molecule has 1 saturated carbocycles. The number of nitrogens with zero attached hydrogens (tertiary/aromatic N) is 2. The van der Waals surface area contributed by atoms with E-state index in [9.17, 15) is 0 Å². The van der Waals surface area contributed by atoms with Gasteiger partial charge in [-0.25, -0.2) is 0 Å². The molecule has 3 nitrogen and oxygen atoms in total. The molecule has 2 rings (SSSR count). The van der Waals surface area contributed by atoms with Crippen LogP contribution in [-0.4, -0.2) is 16.2 Å². The fraction of sp³-hybridized carbons (Fsp3) is 0.778. The van der Waals surface area contributed by atoms with Gasteiger partial charge in [0.05, 0.1) is 0 Å². The van der Waals surface area contributed by atoms with Crippen LogP contribution in [-0.2, 0) is 0 Å². The highest BCUT2D eigenvalue weighted by Gasteiger charge is 2.30. The Bertz CT molecular complexity index is 268. The molecule has 13 heavy (non-hydrogen) atoms. The first-order valence-electron chi connectivity index (χ1n) is 4.68. The maximum Gasteiger partial charge on any atom is 0.205 e. The zero-order chi connectivity index (χ0) is 9.31. The minimum atomic E-state index is 0.502. The minimum Gasteiger partial charge on any atom is -0.357 e. The molecule has 0 aromatic carbocycles. The van der Waals surface area contributed by atoms with E-state index in [4.69, 9.17) is 0 Å². The summed E-state index contributed by atoms with van der Waals surface area (Å²) in [6, 6.07) is 0.600. The molecule has 1 unspecified atom stereocenters. The lowest BCUT2D eigenvalue weighted by Gasteiger charge is -2.17. The summed E-state index contributed by atoms with van der Waals surface area (Å²) in [4.78, 5) is 0. The zero-order valence-electron chi connectivity index (χ0n) is 8.08. The van der Waals surface area contributed by atoms with Gasteiger partial charge in [-0.1, -0.05) is 25.2 Å². The van der Waals surface area contributed by atoms with Crippen molar-refractivity contribution < 1.29 is 0 Å². The molecule has 1 aromatic rings. The Hall–Kier alpha value is -0.640. The van der Waals surface area contributed by atoms with E-state index in [1.54, 1.807) is 16.8 Å². The number of hydrogen-bond donors (Lipinski definition) is 1. The zero-order valence-corrected chi connectivity index (χ0v) is 8.90. The molecular formula is C9H15N3S. The van der Waals surface area contributed by atoms with Crippen molar-refractivity contribution in [3.63, 3.8) is 0 Å². The maximum absolute atomic E-state index is 3.98. The molecule has 0 saturated heterocycles. The van der Waals surface area contributed by atoms with Crippen molar-refractivity contribution in [2.75, 3.05) is 5.32 Å². The molecule has 0 spiro atoms. The van der Waals surface area contributed by atoms with Crippen LogP contribution >= 0.6 is 11.3 Å². The van der Waals surface area contributed by atoms with Crippen LogP contribution in [0.15, 0.2) is 5.51 Å². The lowest BCUT2D eigenvalue weighted by Crippen LogP contribution is -2.17. The SMILES string of the molecule is CC1(C)CCC(Nc2nncs2)C1. The van der Waals surface area contributed by atoms with Gasteiger partial charge in [0, 0.05) is 6.04 Å². The van der Waals surface area contributed by atoms with Crippen LogP contribution in [0.1, 0.15) is 33.1 Å². The molecule has 1 aromatic heterocycles. The van der Waals surface area contributed by atoms with E-state index in [0.29, 0.717) is 11.5 Å². The Morgan fingerprint density at radius 1 is 1.62 bits per heavy atom. The van der Waals surface area contributed by atoms with E-state index >= 15 is 0 Å². The van der Waals surface area contributed by atoms with Crippen LogP contribution in [0.25, 0.3) is 0 Å². The molecule has 0 aliphatic heterocycles. The lowest BCUT2D eigenvalue weighted by atomic mass is 9.92. The predicted octanol–water partition coefficient (Wildman–Crippen LogP) is 2.53. The van der Waals surface area contributed by atoms with Crippen LogP contribution in [0.2, 0.25) is 0 Å². The van der Waals surface area contributed by atoms with Gasteiger partial charge in [-0.05, 0) is 24.7 Å². The fourth-order valence-corrected chi connectivity index (χ4v) is 2.49. The van der Waals surface area contributed by atoms with E-state index in [0.717, 1.165) is 5.13 Å². The Labute approximate surface area is 82.6 Å². The standard InChI is InChI=1S/C9H15N3S/c1-9(2)4-3-7(5-9)11-8-12-10-6-13-8/h6-7H,3-5H2,1-2H3,(H,11,12). The molecule has 1 heterocycles. The first-order chi connectivity index (χ1) is 6.16. The highest BCUT2D eigenvalue weighted by Crippen LogP contribution is 2.38. The number of anilines is 1. The Balaban J connectivity index is 1.91. The van der Waals surface area contributed by atoms with Crippen molar-refractivity contribution in [3.05, 3.63) is 5.51 Å². The van der Waals surface area contributed by atoms with Gasteiger partial charge in [-0.3, -0.25) is 0 Å². The molecule has 1 N–H and O–H groups in total. The van der Waals surface area contributed by atoms with Crippen LogP contribution < -0.4 is 5.32 Å². The van der Waals surface area contributed by atoms with Gasteiger partial charge in [0.15, 0.2) is 0 Å². The molecule has 1 aliphatic rings. The number of hydrogen-bond acceptors (Lipinski definition) is 4. The number of nitrogens with one attached hydrogen (secondary N) is 1. The van der Waals surface area contributed by atoms with E-state index < -0.39 is 0 Å². The van der Waals surface area contributed by atoms with Gasteiger partial charge in [-0.15, -0.1) is 10.2 Å². The second kappa shape index (κ2) is 3.25. The summed E-state index contributed by atoms with van der Waals surface area (Å²) in [5.41, 5.74) is 2.27. The monoisotopic (exact) mass is 197 g/mol. The fourth-order valence-electron chi connectivity index (χ4n) is 1.97. The minimum absolute atomic E-state index is 0.502. The largest absolute Gasteiger partial charge is 0.357 e. The van der Waals surface area contributed by atoms with Gasteiger partial charge in [0.25, 0.3) is 0 Å². The van der Waals surface area contributed by atoms with Crippen molar-refractivity contribution in [2.24, 2.45) is 5.41 Å². The Morgan fingerprint density at radius 3 is 3.00 bits per heavy atom. The summed E-state index contributed by atoms with van der Waals surface area (Å²) in [7, 11) is 0. The van der Waals surface area contributed by atoms with E-state index in [1.165, 1.54) is 19.3 Å². The van der Waals surface area contributed by atoms with Crippen LogP contribution in [0.3, 0.4) is 0 Å². The summed E-state index contributed by atoms with van der Waals surface area (Å²) in [5, 5.41) is 12.2. The third-order valence-electron chi connectivity index (χ3n) is 2.66. The maximum atomic E-state index is 3.98. The lowest BCUT2D eigenvalue weighted by molar-refractivity contribution is 0.378. The number of aromatic nitrogens is 2. The van der Waals surface area contributed by atoms with Crippen molar-refractivity contribution in [2.45, 2.75) is 39.2 Å². The average Bonchev–Trinajstić information content (AvgIpc) is 2.61. The van der Waals surface area contributed by atoms with E-state index in [2.05, 4.69) is 29.4 Å². The third-order valence-corrected chi connectivity index (χ3v) is 3.28. The van der Waals surface area contributed by atoms with E-state index in [-0.39, 0.29) is 0 Å². The smallest absolute Gasteiger partial charge is 0.205 e. The molecule has 1 fully saturated rings. The quantitative estimate of drug-likeness (QED) is 0.791. The van der Waals surface area contributed by atoms with Crippen molar-refractivity contribution in [3.8, 4) is 0 Å². The van der Waals surface area contributed by atoms with Crippen LogP contribution in [0.4, 0.5) is 5.13 Å². The van der Waals surface area contributed by atoms with Crippen molar-refractivity contribution in [1.82, 2.24) is 10.2 Å². The van der Waals surface area contributed by atoms with Crippen molar-refractivity contribution in [1.29, 1.82) is 0 Å². The van der Waals surface area contributed by atoms with Crippen molar-refractivity contribution >= 4 is 16.5 Å². The summed E-state index contributed by atoms with van der Waals surface area (Å²) < 4.78 is 0. The highest BCUT2D eigenvalue weighted by molar-refractivity contribution is 7.13. The molecular weight excluding hydrogens is 182 g/mol. The second-order valence-corrected chi connectivity index (χ2v) is 5.33. The molecule has 4 heteroatoms. The Morgan fingerprint density at radius 2 is 2.46 bits per heavy atom. The number of rotatable bonds is 2. The average molecular weight is 197 g/mol. The first-order valence-corrected chi connectivity index (χ1v) is 5.56. The summed E-state index contributed by atoms with van der Waals surface area (Å²) in [5.74, 6) is 0. The molecule has 0 bridgehead atoms. The van der Waals surface area contributed by atoms with Gasteiger partial charge in [0.2, 0.25) is 5.13 Å². The molecule has 1 aliphatic carbocycles. The summed E-state index contributed by atoms with van der Waals surface area (Å²) in [6.07, 6.45) is 3.81. The Kier molecular flexibility index (Phi) is 2.24. The molecule has 1 atom stereocenters. The van der Waals surface area contributed by atoms with Gasteiger partial charge < -0.3 is 5.32 Å². The topological polar surface area (TPSA) is 37.8 Å². The molecule has 72 valence electrons. The van der Waals surface area contributed by atoms with Gasteiger partial charge in [-0.2, -0.15) is 0 Å². The molecule has 0 amide bonds. The van der Waals surface area contributed by atoms with Crippen LogP contribution in [0.5, 0.6) is 0 Å². The van der Waals surface area contributed by atoms with Gasteiger partial charge in [0.1, 0.15) is 5.51 Å². The third kappa shape index (κ3) is 2.18. The predicted molar refractivity (Wildman–Crippen MR) is 55.0 cm³/mol. The van der Waals surface area contributed by atoms with E-state index in [1.807, 2.05) is 0 Å². The second-order valence-electron chi connectivity index (χ2n) is 4.49. The molecule has 0 radical (unpaired) electrons. The van der Waals surface area contributed by atoms with Gasteiger partial charge >= 0.3 is 0 Å². The van der Waals surface area contributed by atoms with Crippen LogP contribution in [0, 0.1) is 5.41 Å².